The fourth-order valence-corrected chi connectivity index (χ4v) is 1.53. The number of hydrazine groups is 1. The molecule has 0 aromatic carbocycles. The van der Waals surface area contributed by atoms with Crippen molar-refractivity contribution in [3.63, 3.8) is 0 Å². The summed E-state index contributed by atoms with van der Waals surface area (Å²) < 4.78 is 0. The van der Waals surface area contributed by atoms with E-state index < -0.39 is 4.92 Å². The second kappa shape index (κ2) is 7.94. The van der Waals surface area contributed by atoms with Crippen molar-refractivity contribution in [3.05, 3.63) is 16.4 Å². The van der Waals surface area contributed by atoms with Gasteiger partial charge in [0, 0.05) is 19.0 Å². The van der Waals surface area contributed by atoms with Crippen LogP contribution in [0, 0.1) is 10.1 Å². The minimum Gasteiger partial charge on any atom is -0.364 e. The monoisotopic (exact) mass is 297 g/mol. The minimum absolute atomic E-state index is 0.0132. The molecule has 0 radical (unpaired) electrons. The van der Waals surface area contributed by atoms with Crippen LogP contribution in [-0.4, -0.2) is 33.4 Å². The number of carbonyl (C=O) groups excluding carboxylic acids is 1. The van der Waals surface area contributed by atoms with Crippen LogP contribution in [0.1, 0.15) is 26.7 Å². The van der Waals surface area contributed by atoms with Crippen molar-refractivity contribution in [2.24, 2.45) is 5.84 Å². The molecule has 0 spiro atoms. The van der Waals surface area contributed by atoms with E-state index in [-0.39, 0.29) is 42.2 Å². The van der Waals surface area contributed by atoms with E-state index in [2.05, 4.69) is 26.0 Å². The molecule has 0 saturated carbocycles. The van der Waals surface area contributed by atoms with E-state index in [4.69, 9.17) is 5.84 Å². The number of hydrogen-bond donors (Lipinski definition) is 4. The van der Waals surface area contributed by atoms with E-state index in [9.17, 15) is 14.9 Å². The van der Waals surface area contributed by atoms with Gasteiger partial charge in [-0.05, 0) is 13.3 Å². The number of anilines is 2. The average molecular weight is 297 g/mol. The van der Waals surface area contributed by atoms with Crippen LogP contribution in [0.15, 0.2) is 6.33 Å². The average Bonchev–Trinajstić information content (AvgIpc) is 2.46. The molecule has 1 rings (SSSR count). The molecule has 116 valence electrons. The van der Waals surface area contributed by atoms with Gasteiger partial charge in [0.1, 0.15) is 6.33 Å². The van der Waals surface area contributed by atoms with Crippen molar-refractivity contribution in [3.8, 4) is 0 Å². The lowest BCUT2D eigenvalue weighted by molar-refractivity contribution is -0.383. The molecule has 1 unspecified atom stereocenters. The van der Waals surface area contributed by atoms with E-state index in [0.29, 0.717) is 0 Å². The quantitative estimate of drug-likeness (QED) is 0.306. The zero-order valence-electron chi connectivity index (χ0n) is 11.9. The van der Waals surface area contributed by atoms with E-state index in [1.807, 2.05) is 13.8 Å². The molecule has 5 N–H and O–H groups in total. The first kappa shape index (κ1) is 16.6. The van der Waals surface area contributed by atoms with Gasteiger partial charge in [-0.15, -0.1) is 0 Å². The van der Waals surface area contributed by atoms with Crippen molar-refractivity contribution in [1.82, 2.24) is 15.3 Å². The number of rotatable bonds is 8. The molecule has 0 fully saturated rings. The van der Waals surface area contributed by atoms with Crippen LogP contribution in [0.5, 0.6) is 0 Å². The van der Waals surface area contributed by atoms with Gasteiger partial charge in [0.2, 0.25) is 17.5 Å². The molecule has 10 heteroatoms. The molecule has 1 aromatic heterocycles. The largest absolute Gasteiger partial charge is 0.364 e. The highest BCUT2D eigenvalue weighted by Gasteiger charge is 2.22. The number of nitrogen functional groups attached to an aromatic ring is 1. The zero-order valence-corrected chi connectivity index (χ0v) is 11.9. The summed E-state index contributed by atoms with van der Waals surface area (Å²) in [4.78, 5) is 29.4. The summed E-state index contributed by atoms with van der Waals surface area (Å²) in [6, 6.07) is 0.0962. The van der Waals surface area contributed by atoms with Gasteiger partial charge >= 0.3 is 5.69 Å². The van der Waals surface area contributed by atoms with E-state index in [1.54, 1.807) is 0 Å². The molecule has 0 aliphatic rings. The van der Waals surface area contributed by atoms with Gasteiger partial charge in [-0.3, -0.25) is 14.9 Å². The second-order valence-electron chi connectivity index (χ2n) is 4.37. The Morgan fingerprint density at radius 2 is 2.14 bits per heavy atom. The van der Waals surface area contributed by atoms with Gasteiger partial charge in [-0.25, -0.2) is 15.8 Å². The number of nitrogens with one attached hydrogen (secondary N) is 3. The molecule has 0 saturated heterocycles. The summed E-state index contributed by atoms with van der Waals surface area (Å²) in [7, 11) is 0. The Bertz CT molecular complexity index is 509. The number of carbonyl (C=O) groups is 1. The third kappa shape index (κ3) is 4.84. The molecule has 10 nitrogen and oxygen atoms in total. The minimum atomic E-state index is -0.642. The Morgan fingerprint density at radius 1 is 1.48 bits per heavy atom. The molecule has 21 heavy (non-hydrogen) atoms. The van der Waals surface area contributed by atoms with Gasteiger partial charge in [-0.1, -0.05) is 6.92 Å². The molecule has 0 aliphatic carbocycles. The van der Waals surface area contributed by atoms with Crippen LogP contribution in [0.2, 0.25) is 0 Å². The van der Waals surface area contributed by atoms with Crippen molar-refractivity contribution < 1.29 is 9.72 Å². The third-order valence-electron chi connectivity index (χ3n) is 2.81. The van der Waals surface area contributed by atoms with Crippen molar-refractivity contribution in [2.45, 2.75) is 32.7 Å². The third-order valence-corrected chi connectivity index (χ3v) is 2.81. The lowest BCUT2D eigenvalue weighted by atomic mass is 10.2. The predicted octanol–water partition coefficient (Wildman–Crippen LogP) is 0.387. The Hall–Kier alpha value is -2.49. The maximum Gasteiger partial charge on any atom is 0.354 e. The first-order valence-electron chi connectivity index (χ1n) is 6.48. The summed E-state index contributed by atoms with van der Waals surface area (Å²) in [6.07, 6.45) is 2.16. The molecule has 0 aliphatic heterocycles. The number of amides is 1. The highest BCUT2D eigenvalue weighted by atomic mass is 16.6. The topological polar surface area (TPSA) is 148 Å². The summed E-state index contributed by atoms with van der Waals surface area (Å²) in [6.45, 7) is 4.08. The number of aromatic nitrogens is 2. The summed E-state index contributed by atoms with van der Waals surface area (Å²) in [5, 5.41) is 16.5. The van der Waals surface area contributed by atoms with E-state index in [0.717, 1.165) is 12.7 Å². The molecule has 1 amide bonds. The summed E-state index contributed by atoms with van der Waals surface area (Å²) in [5.41, 5.74) is 1.78. The van der Waals surface area contributed by atoms with Crippen molar-refractivity contribution in [1.29, 1.82) is 0 Å². The Kier molecular flexibility index (Phi) is 6.27. The maximum atomic E-state index is 11.6. The number of nitro groups is 1. The van der Waals surface area contributed by atoms with Crippen LogP contribution in [0.4, 0.5) is 17.3 Å². The first-order valence-corrected chi connectivity index (χ1v) is 6.48. The summed E-state index contributed by atoms with van der Waals surface area (Å²) in [5.74, 6) is 4.95. The standard InChI is InChI=1S/C11H19N7O3/c1-3-7(2)16-8(19)4-5-13-10-9(18(20)21)11(17-12)15-6-14-10/h6-7H,3-5,12H2,1-2H3,(H,16,19)(H2,13,14,15,17). The van der Waals surface area contributed by atoms with Crippen molar-refractivity contribution >= 4 is 23.2 Å². The van der Waals surface area contributed by atoms with Crippen molar-refractivity contribution in [2.75, 3.05) is 17.3 Å². The maximum absolute atomic E-state index is 11.6. The number of nitrogens with two attached hydrogens (primary N) is 1. The van der Waals surface area contributed by atoms with Gasteiger partial charge < -0.3 is 16.1 Å². The van der Waals surface area contributed by atoms with Gasteiger partial charge in [0.15, 0.2) is 0 Å². The van der Waals surface area contributed by atoms with Gasteiger partial charge in [0.25, 0.3) is 0 Å². The molecule has 1 aromatic rings. The molecule has 0 bridgehead atoms. The van der Waals surface area contributed by atoms with Crippen LogP contribution in [0.25, 0.3) is 0 Å². The normalized spacial score (nSPS) is 11.6. The Balaban J connectivity index is 2.64. The highest BCUT2D eigenvalue weighted by molar-refractivity contribution is 5.77. The van der Waals surface area contributed by atoms with Gasteiger partial charge in [-0.2, -0.15) is 0 Å². The van der Waals surface area contributed by atoms with Gasteiger partial charge in [0.05, 0.1) is 4.92 Å². The smallest absolute Gasteiger partial charge is 0.354 e. The van der Waals surface area contributed by atoms with Crippen LogP contribution in [0.3, 0.4) is 0 Å². The zero-order chi connectivity index (χ0) is 15.8. The molecule has 1 atom stereocenters. The molecular weight excluding hydrogens is 278 g/mol. The van der Waals surface area contributed by atoms with Crippen LogP contribution >= 0.6 is 0 Å². The highest BCUT2D eigenvalue weighted by Crippen LogP contribution is 2.27. The fraction of sp³-hybridized carbons (Fsp3) is 0.545. The van der Waals surface area contributed by atoms with Crippen LogP contribution in [-0.2, 0) is 4.79 Å². The lowest BCUT2D eigenvalue weighted by Gasteiger charge is -2.12. The predicted molar refractivity (Wildman–Crippen MR) is 77.5 cm³/mol. The molecule has 1 heterocycles. The second-order valence-corrected chi connectivity index (χ2v) is 4.37. The number of nitrogens with zero attached hydrogens (tertiary/aromatic N) is 3. The SMILES string of the molecule is CCC(C)NC(=O)CCNc1ncnc(NN)c1[N+](=O)[O-]. The summed E-state index contributed by atoms with van der Waals surface area (Å²) >= 11 is 0. The van der Waals surface area contributed by atoms with E-state index in [1.165, 1.54) is 0 Å². The Labute approximate surface area is 121 Å². The Morgan fingerprint density at radius 3 is 2.71 bits per heavy atom. The van der Waals surface area contributed by atoms with E-state index >= 15 is 0 Å². The first-order chi connectivity index (χ1) is 9.99. The van der Waals surface area contributed by atoms with Crippen LogP contribution < -0.4 is 21.9 Å². The number of hydrogen-bond acceptors (Lipinski definition) is 8. The fourth-order valence-electron chi connectivity index (χ4n) is 1.53. The lowest BCUT2D eigenvalue weighted by Crippen LogP contribution is -2.33. The molecular formula is C11H19N7O3.